The third kappa shape index (κ3) is 2.53. The summed E-state index contributed by atoms with van der Waals surface area (Å²) >= 11 is 0. The van der Waals surface area contributed by atoms with E-state index in [1.165, 1.54) is 6.20 Å². The topological polar surface area (TPSA) is 93.2 Å². The van der Waals surface area contributed by atoms with Gasteiger partial charge in [0, 0.05) is 26.7 Å². The number of aromatic nitrogens is 1. The molecule has 1 saturated heterocycles. The summed E-state index contributed by atoms with van der Waals surface area (Å²) in [5, 5.41) is 12.1. The molecular formula is C12H16N4O2. The Balaban J connectivity index is 2.08. The first-order chi connectivity index (χ1) is 8.69. The summed E-state index contributed by atoms with van der Waals surface area (Å²) in [5.41, 5.74) is 6.16. The maximum Gasteiger partial charge on any atom is 0.144 e. The smallest absolute Gasteiger partial charge is 0.144 e. The van der Waals surface area contributed by atoms with Crippen LogP contribution in [0.2, 0.25) is 0 Å². The molecule has 6 heteroatoms. The molecule has 18 heavy (non-hydrogen) atoms. The van der Waals surface area contributed by atoms with E-state index in [1.54, 1.807) is 13.2 Å². The molecule has 1 fully saturated rings. The fraction of sp³-hybridized carbons (Fsp3) is 0.500. The fourth-order valence-corrected chi connectivity index (χ4v) is 1.91. The van der Waals surface area contributed by atoms with E-state index in [1.807, 2.05) is 0 Å². The van der Waals surface area contributed by atoms with Crippen molar-refractivity contribution in [3.05, 3.63) is 17.8 Å². The highest BCUT2D eigenvalue weighted by atomic mass is 16.5. The van der Waals surface area contributed by atoms with Crippen LogP contribution in [0.3, 0.4) is 0 Å². The van der Waals surface area contributed by atoms with Crippen molar-refractivity contribution in [3.8, 4) is 6.07 Å². The molecule has 2 heterocycles. The molecule has 0 spiro atoms. The van der Waals surface area contributed by atoms with Crippen LogP contribution in [0.25, 0.3) is 0 Å². The number of nitrogens with zero attached hydrogens (tertiary/aromatic N) is 2. The zero-order valence-electron chi connectivity index (χ0n) is 10.3. The SMILES string of the molecule is COC1(CNc2ncc(N)cc2C#N)CCOC1. The summed E-state index contributed by atoms with van der Waals surface area (Å²) in [5.74, 6) is 0.523. The van der Waals surface area contributed by atoms with Gasteiger partial charge in [-0.25, -0.2) is 4.98 Å². The number of pyridine rings is 1. The molecule has 0 radical (unpaired) electrons. The number of nitrogens with one attached hydrogen (secondary N) is 1. The van der Waals surface area contributed by atoms with Crippen molar-refractivity contribution in [3.63, 3.8) is 0 Å². The number of nitrogen functional groups attached to an aromatic ring is 1. The monoisotopic (exact) mass is 248 g/mol. The van der Waals surface area contributed by atoms with E-state index < -0.39 is 0 Å². The standard InChI is InChI=1S/C12H16N4O2/c1-17-12(2-3-18-8-12)7-16-11-9(5-13)4-10(14)6-15-11/h4,6H,2-3,7-8,14H2,1H3,(H,15,16). The van der Waals surface area contributed by atoms with Crippen molar-refractivity contribution in [2.45, 2.75) is 12.0 Å². The highest BCUT2D eigenvalue weighted by molar-refractivity contribution is 5.57. The Bertz CT molecular complexity index is 464. The van der Waals surface area contributed by atoms with E-state index in [2.05, 4.69) is 16.4 Å². The van der Waals surface area contributed by atoms with Crippen LogP contribution in [0.4, 0.5) is 11.5 Å². The van der Waals surface area contributed by atoms with Gasteiger partial charge in [-0.05, 0) is 6.07 Å². The van der Waals surface area contributed by atoms with Crippen molar-refractivity contribution in [1.82, 2.24) is 4.98 Å². The van der Waals surface area contributed by atoms with Gasteiger partial charge in [0.25, 0.3) is 0 Å². The second kappa shape index (κ2) is 5.21. The van der Waals surface area contributed by atoms with Gasteiger partial charge in [0.05, 0.1) is 24.1 Å². The van der Waals surface area contributed by atoms with Crippen molar-refractivity contribution in [1.29, 1.82) is 5.26 Å². The lowest BCUT2D eigenvalue weighted by Crippen LogP contribution is -2.39. The quantitative estimate of drug-likeness (QED) is 0.816. The first kappa shape index (κ1) is 12.6. The minimum absolute atomic E-state index is 0.338. The largest absolute Gasteiger partial charge is 0.397 e. The summed E-state index contributed by atoms with van der Waals surface area (Å²) < 4.78 is 10.8. The zero-order valence-corrected chi connectivity index (χ0v) is 10.3. The van der Waals surface area contributed by atoms with Gasteiger partial charge >= 0.3 is 0 Å². The molecule has 0 amide bonds. The Kier molecular flexibility index (Phi) is 3.65. The number of nitrogens with two attached hydrogens (primary N) is 1. The summed E-state index contributed by atoms with van der Waals surface area (Å²) in [4.78, 5) is 4.12. The minimum Gasteiger partial charge on any atom is -0.397 e. The number of methoxy groups -OCH3 is 1. The molecule has 96 valence electrons. The molecule has 1 aliphatic heterocycles. The van der Waals surface area contributed by atoms with Crippen LogP contribution in [0.1, 0.15) is 12.0 Å². The summed E-state index contributed by atoms with van der Waals surface area (Å²) in [6, 6.07) is 3.66. The number of hydrogen-bond donors (Lipinski definition) is 2. The number of rotatable bonds is 4. The maximum atomic E-state index is 9.01. The first-order valence-electron chi connectivity index (χ1n) is 5.71. The highest BCUT2D eigenvalue weighted by Crippen LogP contribution is 2.23. The predicted molar refractivity (Wildman–Crippen MR) is 67.0 cm³/mol. The Morgan fingerprint density at radius 1 is 1.72 bits per heavy atom. The molecule has 1 atom stereocenters. The molecule has 1 aromatic heterocycles. The second-order valence-corrected chi connectivity index (χ2v) is 4.32. The van der Waals surface area contributed by atoms with Crippen molar-refractivity contribution >= 4 is 11.5 Å². The molecule has 1 aromatic rings. The predicted octanol–water partition coefficient (Wildman–Crippen LogP) is 0.753. The summed E-state index contributed by atoms with van der Waals surface area (Å²) in [6.07, 6.45) is 2.35. The van der Waals surface area contributed by atoms with E-state index in [0.29, 0.717) is 36.8 Å². The van der Waals surface area contributed by atoms with Gasteiger partial charge in [0.15, 0.2) is 0 Å². The molecule has 0 saturated carbocycles. The third-order valence-corrected chi connectivity index (χ3v) is 3.11. The number of ether oxygens (including phenoxy) is 2. The molecular weight excluding hydrogens is 232 g/mol. The number of hydrogen-bond acceptors (Lipinski definition) is 6. The Labute approximate surface area is 106 Å². The van der Waals surface area contributed by atoms with E-state index >= 15 is 0 Å². The van der Waals surface area contributed by atoms with E-state index in [9.17, 15) is 0 Å². The van der Waals surface area contributed by atoms with Gasteiger partial charge in [0.1, 0.15) is 17.5 Å². The van der Waals surface area contributed by atoms with Crippen LogP contribution < -0.4 is 11.1 Å². The number of anilines is 2. The van der Waals surface area contributed by atoms with Gasteiger partial charge in [0.2, 0.25) is 0 Å². The van der Waals surface area contributed by atoms with Crippen LogP contribution in [-0.2, 0) is 9.47 Å². The summed E-state index contributed by atoms with van der Waals surface area (Å²) in [7, 11) is 1.66. The Hall–Kier alpha value is -1.84. The summed E-state index contributed by atoms with van der Waals surface area (Å²) in [6.45, 7) is 1.79. The molecule has 2 rings (SSSR count). The first-order valence-corrected chi connectivity index (χ1v) is 5.71. The molecule has 1 unspecified atom stereocenters. The second-order valence-electron chi connectivity index (χ2n) is 4.32. The molecule has 0 aromatic carbocycles. The highest BCUT2D eigenvalue weighted by Gasteiger charge is 2.34. The molecule has 1 aliphatic rings. The van der Waals surface area contributed by atoms with Crippen LogP contribution in [0.15, 0.2) is 12.3 Å². The van der Waals surface area contributed by atoms with Crippen molar-refractivity contribution in [2.75, 3.05) is 37.9 Å². The number of nitriles is 1. The minimum atomic E-state index is -0.338. The van der Waals surface area contributed by atoms with Gasteiger partial charge in [-0.2, -0.15) is 5.26 Å². The van der Waals surface area contributed by atoms with E-state index in [4.69, 9.17) is 20.5 Å². The molecule has 6 nitrogen and oxygen atoms in total. The van der Waals surface area contributed by atoms with Crippen LogP contribution in [-0.4, -0.2) is 37.5 Å². The van der Waals surface area contributed by atoms with Gasteiger partial charge < -0.3 is 20.5 Å². The lowest BCUT2D eigenvalue weighted by atomic mass is 10.0. The van der Waals surface area contributed by atoms with Crippen LogP contribution in [0.5, 0.6) is 0 Å². The zero-order chi connectivity index (χ0) is 13.0. The van der Waals surface area contributed by atoms with Crippen molar-refractivity contribution in [2.24, 2.45) is 0 Å². The average Bonchev–Trinajstić information content (AvgIpc) is 2.86. The normalized spacial score (nSPS) is 22.7. The van der Waals surface area contributed by atoms with E-state index in [-0.39, 0.29) is 5.60 Å². The van der Waals surface area contributed by atoms with Crippen molar-refractivity contribution < 1.29 is 9.47 Å². The Morgan fingerprint density at radius 2 is 2.56 bits per heavy atom. The average molecular weight is 248 g/mol. The third-order valence-electron chi connectivity index (χ3n) is 3.11. The fourth-order valence-electron chi connectivity index (χ4n) is 1.91. The molecule has 3 N–H and O–H groups in total. The van der Waals surface area contributed by atoms with E-state index in [0.717, 1.165) is 6.42 Å². The lowest BCUT2D eigenvalue weighted by molar-refractivity contribution is -0.00625. The van der Waals surface area contributed by atoms with Crippen LogP contribution >= 0.6 is 0 Å². The molecule has 0 aliphatic carbocycles. The van der Waals surface area contributed by atoms with Gasteiger partial charge in [-0.15, -0.1) is 0 Å². The van der Waals surface area contributed by atoms with Gasteiger partial charge in [-0.3, -0.25) is 0 Å². The lowest BCUT2D eigenvalue weighted by Gasteiger charge is -2.26. The maximum absolute atomic E-state index is 9.01. The van der Waals surface area contributed by atoms with Gasteiger partial charge in [-0.1, -0.05) is 0 Å². The molecule has 0 bridgehead atoms. The Morgan fingerprint density at radius 3 is 3.17 bits per heavy atom. The van der Waals surface area contributed by atoms with Crippen LogP contribution in [0, 0.1) is 11.3 Å².